The Morgan fingerprint density at radius 1 is 1.16 bits per heavy atom. The quantitative estimate of drug-likeness (QED) is 0.263. The maximum atomic E-state index is 13.4. The smallest absolute Gasteiger partial charge is 0.407 e. The summed E-state index contributed by atoms with van der Waals surface area (Å²) in [6, 6.07) is -0.172. The van der Waals surface area contributed by atoms with Crippen LogP contribution >= 0.6 is 0 Å². The van der Waals surface area contributed by atoms with Crippen LogP contribution in [0.25, 0.3) is 0 Å². The zero-order valence-corrected chi connectivity index (χ0v) is 25.0. The maximum absolute atomic E-state index is 13.4. The van der Waals surface area contributed by atoms with E-state index >= 15 is 0 Å². The highest BCUT2D eigenvalue weighted by Gasteiger charge is 2.36. The van der Waals surface area contributed by atoms with Crippen molar-refractivity contribution in [1.29, 1.82) is 5.41 Å². The number of hydrogen-bond acceptors (Lipinski definition) is 6. The lowest BCUT2D eigenvalue weighted by molar-refractivity contribution is 0.0495. The van der Waals surface area contributed by atoms with E-state index in [0.717, 1.165) is 29.7 Å². The van der Waals surface area contributed by atoms with E-state index in [1.165, 1.54) is 0 Å². The number of amides is 1. The number of ether oxygens (including phenoxy) is 2. The number of benzene rings is 1. The van der Waals surface area contributed by atoms with Crippen molar-refractivity contribution in [2.75, 3.05) is 6.54 Å². The van der Waals surface area contributed by atoms with Crippen molar-refractivity contribution in [2.24, 2.45) is 5.92 Å². The first-order chi connectivity index (χ1) is 16.9. The molecule has 0 bridgehead atoms. The van der Waals surface area contributed by atoms with Crippen LogP contribution in [0, 0.1) is 32.1 Å². The van der Waals surface area contributed by atoms with Crippen LogP contribution in [-0.2, 0) is 21.2 Å². The number of sulfonamides is 1. The van der Waals surface area contributed by atoms with Gasteiger partial charge in [0.15, 0.2) is 0 Å². The van der Waals surface area contributed by atoms with Crippen LogP contribution in [0.2, 0.25) is 0 Å². The lowest BCUT2D eigenvalue weighted by atomic mass is 9.94. The van der Waals surface area contributed by atoms with Gasteiger partial charge in [-0.2, -0.15) is 0 Å². The van der Waals surface area contributed by atoms with Crippen LogP contribution in [0.5, 0.6) is 5.75 Å². The van der Waals surface area contributed by atoms with E-state index in [0.29, 0.717) is 36.4 Å². The number of carbonyl (C=O) groups excluding carboxylic acids is 1. The average Bonchev–Trinajstić information content (AvgIpc) is 3.06. The summed E-state index contributed by atoms with van der Waals surface area (Å²) in [5.74, 6) is 0.839. The van der Waals surface area contributed by atoms with Gasteiger partial charge in [-0.15, -0.1) is 0 Å². The molecule has 9 nitrogen and oxygen atoms in total. The van der Waals surface area contributed by atoms with Crippen molar-refractivity contribution < 1.29 is 22.7 Å². The van der Waals surface area contributed by atoms with Gasteiger partial charge in [0.2, 0.25) is 5.96 Å². The van der Waals surface area contributed by atoms with Crippen LogP contribution in [0.15, 0.2) is 4.90 Å². The minimum absolute atomic E-state index is 0.172. The second-order valence-corrected chi connectivity index (χ2v) is 13.5. The lowest BCUT2D eigenvalue weighted by Gasteiger charge is -2.25. The van der Waals surface area contributed by atoms with Crippen LogP contribution < -0.4 is 20.1 Å². The lowest BCUT2D eigenvalue weighted by Crippen LogP contribution is -2.44. The van der Waals surface area contributed by atoms with E-state index in [1.54, 1.807) is 13.8 Å². The van der Waals surface area contributed by atoms with Crippen molar-refractivity contribution in [3.63, 3.8) is 0 Å². The molecule has 210 valence electrons. The molecule has 4 N–H and O–H groups in total. The van der Waals surface area contributed by atoms with E-state index in [9.17, 15) is 13.2 Å². The number of carbonyl (C=O) groups is 1. The third-order valence-corrected chi connectivity index (χ3v) is 8.32. The molecule has 0 aliphatic carbocycles. The van der Waals surface area contributed by atoms with E-state index in [1.807, 2.05) is 41.5 Å². The number of nitrogens with one attached hydrogen (secondary N) is 4. The van der Waals surface area contributed by atoms with Gasteiger partial charge in [0.1, 0.15) is 17.0 Å². The monoisotopic (exact) mass is 538 g/mol. The SMILES string of the molecule is CCC(C)CC(CCNC(=N)NS(=O)(=O)c1c(C)c(C)c2c(c1C)CC(C)(C)O2)NC(=O)OC(C)(C)C. The second-order valence-electron chi connectivity index (χ2n) is 11.8. The molecule has 2 unspecified atom stereocenters. The summed E-state index contributed by atoms with van der Waals surface area (Å²) in [4.78, 5) is 12.5. The summed E-state index contributed by atoms with van der Waals surface area (Å²) in [7, 11) is -4.00. The first kappa shape index (κ1) is 30.7. The Labute approximate surface area is 223 Å². The largest absolute Gasteiger partial charge is 0.487 e. The molecule has 1 aliphatic rings. The van der Waals surface area contributed by atoms with Crippen molar-refractivity contribution >= 4 is 22.1 Å². The predicted molar refractivity (Wildman–Crippen MR) is 147 cm³/mol. The van der Waals surface area contributed by atoms with Gasteiger partial charge >= 0.3 is 6.09 Å². The minimum Gasteiger partial charge on any atom is -0.487 e. The average molecular weight is 539 g/mol. The number of alkyl carbamates (subject to hydrolysis) is 1. The summed E-state index contributed by atoms with van der Waals surface area (Å²) in [5, 5.41) is 14.0. The number of hydrogen-bond donors (Lipinski definition) is 4. The third kappa shape index (κ3) is 8.25. The van der Waals surface area contributed by atoms with Crippen LogP contribution in [0.4, 0.5) is 4.79 Å². The summed E-state index contributed by atoms with van der Waals surface area (Å²) in [5.41, 5.74) is 1.97. The summed E-state index contributed by atoms with van der Waals surface area (Å²) in [6.07, 6.45) is 2.37. The Bertz CT molecular complexity index is 1120. The van der Waals surface area contributed by atoms with Gasteiger partial charge in [-0.25, -0.2) is 17.9 Å². The first-order valence-corrected chi connectivity index (χ1v) is 14.5. The van der Waals surface area contributed by atoms with E-state index in [2.05, 4.69) is 29.2 Å². The molecule has 1 aromatic carbocycles. The topological polar surface area (TPSA) is 130 Å². The molecule has 0 aromatic heterocycles. The highest BCUT2D eigenvalue weighted by atomic mass is 32.2. The molecule has 1 heterocycles. The zero-order chi connectivity index (χ0) is 28.3. The van der Waals surface area contributed by atoms with Gasteiger partial charge in [0.25, 0.3) is 10.0 Å². The van der Waals surface area contributed by atoms with Crippen LogP contribution in [-0.4, -0.2) is 44.3 Å². The van der Waals surface area contributed by atoms with Crippen molar-refractivity contribution in [3.8, 4) is 5.75 Å². The maximum Gasteiger partial charge on any atom is 0.407 e. The van der Waals surface area contributed by atoms with Crippen LogP contribution in [0.1, 0.15) is 90.0 Å². The van der Waals surface area contributed by atoms with E-state index in [-0.39, 0.29) is 16.9 Å². The Morgan fingerprint density at radius 3 is 2.35 bits per heavy atom. The molecule has 0 saturated carbocycles. The fourth-order valence-corrected chi connectivity index (χ4v) is 6.14. The highest BCUT2D eigenvalue weighted by molar-refractivity contribution is 7.90. The minimum atomic E-state index is -4.00. The van der Waals surface area contributed by atoms with Gasteiger partial charge in [0, 0.05) is 24.6 Å². The van der Waals surface area contributed by atoms with E-state index in [4.69, 9.17) is 14.9 Å². The first-order valence-electron chi connectivity index (χ1n) is 13.0. The summed E-state index contributed by atoms with van der Waals surface area (Å²) >= 11 is 0. The number of guanidine groups is 1. The Balaban J connectivity index is 2.08. The summed E-state index contributed by atoms with van der Waals surface area (Å²) in [6.45, 7) is 19.3. The molecule has 1 aromatic rings. The fourth-order valence-electron chi connectivity index (χ4n) is 4.62. The van der Waals surface area contributed by atoms with Crippen molar-refractivity contribution in [3.05, 3.63) is 22.3 Å². The molecule has 2 rings (SSSR count). The van der Waals surface area contributed by atoms with E-state index < -0.39 is 27.3 Å². The van der Waals surface area contributed by atoms with Crippen LogP contribution in [0.3, 0.4) is 0 Å². The highest BCUT2D eigenvalue weighted by Crippen LogP contribution is 2.43. The van der Waals surface area contributed by atoms with Gasteiger partial charge in [-0.05, 0) is 90.8 Å². The van der Waals surface area contributed by atoms with Gasteiger partial charge in [-0.1, -0.05) is 20.3 Å². The molecule has 37 heavy (non-hydrogen) atoms. The molecule has 0 spiro atoms. The Morgan fingerprint density at radius 2 is 1.78 bits per heavy atom. The molecule has 1 amide bonds. The molecule has 2 atom stereocenters. The van der Waals surface area contributed by atoms with Gasteiger partial charge in [-0.3, -0.25) is 5.41 Å². The fraction of sp³-hybridized carbons (Fsp3) is 0.704. The Hall–Kier alpha value is -2.49. The zero-order valence-electron chi connectivity index (χ0n) is 24.1. The number of fused-ring (bicyclic) bond motifs is 1. The summed E-state index contributed by atoms with van der Waals surface area (Å²) < 4.78 is 40.6. The molecular formula is C27H46N4O5S. The number of rotatable bonds is 9. The molecule has 10 heteroatoms. The molecular weight excluding hydrogens is 492 g/mol. The van der Waals surface area contributed by atoms with Gasteiger partial charge in [0.05, 0.1) is 4.90 Å². The van der Waals surface area contributed by atoms with Crippen molar-refractivity contribution in [1.82, 2.24) is 15.4 Å². The standard InChI is InChI=1S/C27H46N4O5S/c1-11-16(2)14-20(30-25(32)36-26(6,7)8)12-13-29-24(28)31-37(33,34)23-18(4)17(3)22-21(19(23)5)15-27(9,10)35-22/h16,20H,11-15H2,1-10H3,(H,30,32)(H3,28,29,31). The predicted octanol–water partition coefficient (Wildman–Crippen LogP) is 4.85. The Kier molecular flexibility index (Phi) is 9.55. The molecule has 0 radical (unpaired) electrons. The second kappa shape index (κ2) is 11.5. The molecule has 0 saturated heterocycles. The third-order valence-electron chi connectivity index (χ3n) is 6.70. The van der Waals surface area contributed by atoms with Gasteiger partial charge < -0.3 is 20.1 Å². The van der Waals surface area contributed by atoms with Crippen molar-refractivity contribution in [2.45, 2.75) is 117 Å². The molecule has 0 fully saturated rings. The normalized spacial score (nSPS) is 16.3. The molecule has 1 aliphatic heterocycles.